The van der Waals surface area contributed by atoms with Crippen molar-refractivity contribution in [2.24, 2.45) is 5.10 Å². The Balaban J connectivity index is 1.55. The van der Waals surface area contributed by atoms with E-state index in [9.17, 15) is 9.59 Å². The van der Waals surface area contributed by atoms with Gasteiger partial charge >= 0.3 is 0 Å². The summed E-state index contributed by atoms with van der Waals surface area (Å²) in [5.74, 6) is -0.620. The van der Waals surface area contributed by atoms with Crippen molar-refractivity contribution in [1.29, 1.82) is 0 Å². The highest BCUT2D eigenvalue weighted by molar-refractivity contribution is 6.04. The van der Waals surface area contributed by atoms with Crippen molar-refractivity contribution in [3.05, 3.63) is 113 Å². The van der Waals surface area contributed by atoms with E-state index in [4.69, 9.17) is 0 Å². The summed E-state index contributed by atoms with van der Waals surface area (Å²) in [6.07, 6.45) is 3.36. The number of aromatic amines is 2. The number of H-pyrrole nitrogens is 2. The molecule has 0 unspecified atom stereocenters. The molecule has 2 heterocycles. The summed E-state index contributed by atoms with van der Waals surface area (Å²) in [5, 5.41) is 11.8. The van der Waals surface area contributed by atoms with E-state index in [-0.39, 0.29) is 5.56 Å². The first-order valence-corrected chi connectivity index (χ1v) is 10.4. The number of carbonyl (C=O) groups excluding carboxylic acids is 1. The molecule has 0 fully saturated rings. The van der Waals surface area contributed by atoms with E-state index < -0.39 is 11.5 Å². The molecule has 7 heteroatoms. The first-order chi connectivity index (χ1) is 16.2. The van der Waals surface area contributed by atoms with Gasteiger partial charge in [-0.3, -0.25) is 9.59 Å². The SMILES string of the molecule is O=C(NN=Cc1c[nH]c2ccccc12)c1c(-c2ccccc2)c(-c2ccccc2)n[nH]c1=O. The molecular weight excluding hydrogens is 414 g/mol. The average Bonchev–Trinajstić information content (AvgIpc) is 3.28. The fourth-order valence-corrected chi connectivity index (χ4v) is 3.77. The minimum Gasteiger partial charge on any atom is -0.361 e. The second-order valence-corrected chi connectivity index (χ2v) is 7.37. The molecule has 0 bridgehead atoms. The quantitative estimate of drug-likeness (QED) is 0.284. The number of hydrazone groups is 1. The number of hydrogen-bond acceptors (Lipinski definition) is 4. The van der Waals surface area contributed by atoms with Gasteiger partial charge in [0.05, 0.1) is 11.9 Å². The van der Waals surface area contributed by atoms with E-state index in [0.717, 1.165) is 22.0 Å². The molecule has 7 nitrogen and oxygen atoms in total. The number of fused-ring (bicyclic) bond motifs is 1. The molecule has 160 valence electrons. The standard InChI is InChI=1S/C26H19N5O2/c32-25(30-28-16-19-15-27-21-14-8-7-13-20(19)21)23-22(17-9-3-1-4-10-17)24(29-31-26(23)33)18-11-5-2-6-12-18/h1-16,27H,(H,30,32)(H,31,33). The molecule has 0 saturated carbocycles. The normalized spacial score (nSPS) is 11.2. The Labute approximate surface area is 188 Å². The number of benzene rings is 3. The van der Waals surface area contributed by atoms with Crippen molar-refractivity contribution in [2.75, 3.05) is 0 Å². The number of nitrogens with zero attached hydrogens (tertiary/aromatic N) is 2. The van der Waals surface area contributed by atoms with E-state index >= 15 is 0 Å². The van der Waals surface area contributed by atoms with Crippen LogP contribution >= 0.6 is 0 Å². The number of para-hydroxylation sites is 1. The second-order valence-electron chi connectivity index (χ2n) is 7.37. The van der Waals surface area contributed by atoms with Crippen LogP contribution in [0, 0.1) is 0 Å². The third-order valence-corrected chi connectivity index (χ3v) is 5.31. The minimum atomic E-state index is -0.620. The predicted octanol–water partition coefficient (Wildman–Crippen LogP) is 4.35. The maximum Gasteiger partial charge on any atom is 0.277 e. The van der Waals surface area contributed by atoms with Crippen LogP contribution in [0.2, 0.25) is 0 Å². The lowest BCUT2D eigenvalue weighted by Crippen LogP contribution is -2.28. The van der Waals surface area contributed by atoms with Crippen LogP contribution in [-0.2, 0) is 0 Å². The van der Waals surface area contributed by atoms with Crippen molar-refractivity contribution in [3.63, 3.8) is 0 Å². The van der Waals surface area contributed by atoms with Crippen LogP contribution < -0.4 is 11.0 Å². The maximum absolute atomic E-state index is 13.2. The summed E-state index contributed by atoms with van der Waals surface area (Å²) in [4.78, 5) is 29.1. The van der Waals surface area contributed by atoms with Crippen LogP contribution in [0.1, 0.15) is 15.9 Å². The molecule has 3 aromatic carbocycles. The third kappa shape index (κ3) is 3.95. The number of aromatic nitrogens is 3. The summed E-state index contributed by atoms with van der Waals surface area (Å²) < 4.78 is 0. The molecule has 0 radical (unpaired) electrons. The summed E-state index contributed by atoms with van der Waals surface area (Å²) in [7, 11) is 0. The first kappa shape index (κ1) is 20.1. The molecule has 0 saturated heterocycles. The molecule has 5 rings (SSSR count). The summed E-state index contributed by atoms with van der Waals surface area (Å²) >= 11 is 0. The molecule has 33 heavy (non-hydrogen) atoms. The van der Waals surface area contributed by atoms with Gasteiger partial charge < -0.3 is 4.98 Å². The number of amides is 1. The Morgan fingerprint density at radius 2 is 1.55 bits per heavy atom. The van der Waals surface area contributed by atoms with Crippen molar-refractivity contribution < 1.29 is 4.79 Å². The smallest absolute Gasteiger partial charge is 0.277 e. The molecule has 0 atom stereocenters. The van der Waals surface area contributed by atoms with Crippen LogP contribution in [0.4, 0.5) is 0 Å². The molecule has 0 spiro atoms. The van der Waals surface area contributed by atoms with Crippen LogP contribution in [0.15, 0.2) is 101 Å². The molecule has 0 aliphatic rings. The fraction of sp³-hybridized carbons (Fsp3) is 0. The van der Waals surface area contributed by atoms with E-state index in [1.165, 1.54) is 0 Å². The molecule has 3 N–H and O–H groups in total. The zero-order chi connectivity index (χ0) is 22.6. The van der Waals surface area contributed by atoms with E-state index in [2.05, 4.69) is 25.7 Å². The van der Waals surface area contributed by atoms with Gasteiger partial charge in [0.1, 0.15) is 5.56 Å². The second kappa shape index (κ2) is 8.76. The van der Waals surface area contributed by atoms with Gasteiger partial charge in [0.2, 0.25) is 0 Å². The first-order valence-electron chi connectivity index (χ1n) is 10.4. The zero-order valence-electron chi connectivity index (χ0n) is 17.4. The van der Waals surface area contributed by atoms with Gasteiger partial charge in [0.25, 0.3) is 11.5 Å². The molecule has 5 aromatic rings. The highest BCUT2D eigenvalue weighted by Crippen LogP contribution is 2.31. The number of nitrogens with one attached hydrogen (secondary N) is 3. The Morgan fingerprint density at radius 1 is 0.879 bits per heavy atom. The van der Waals surface area contributed by atoms with E-state index in [0.29, 0.717) is 16.8 Å². The minimum absolute atomic E-state index is 0.0499. The monoisotopic (exact) mass is 433 g/mol. The lowest BCUT2D eigenvalue weighted by atomic mass is 9.95. The topological polar surface area (TPSA) is 103 Å². The molecule has 0 aliphatic heterocycles. The van der Waals surface area contributed by atoms with Gasteiger partial charge in [-0.15, -0.1) is 0 Å². The van der Waals surface area contributed by atoms with Gasteiger partial charge in [-0.25, -0.2) is 10.5 Å². The van der Waals surface area contributed by atoms with Gasteiger partial charge in [-0.2, -0.15) is 10.2 Å². The van der Waals surface area contributed by atoms with Crippen molar-refractivity contribution in [2.45, 2.75) is 0 Å². The Bertz CT molecular complexity index is 1520. The van der Waals surface area contributed by atoms with Crippen LogP contribution in [0.25, 0.3) is 33.3 Å². The Hall–Kier alpha value is -4.78. The van der Waals surface area contributed by atoms with Crippen LogP contribution in [-0.4, -0.2) is 27.3 Å². The summed E-state index contributed by atoms with van der Waals surface area (Å²) in [6, 6.07) is 26.4. The highest BCUT2D eigenvalue weighted by atomic mass is 16.2. The highest BCUT2D eigenvalue weighted by Gasteiger charge is 2.22. The lowest BCUT2D eigenvalue weighted by Gasteiger charge is -2.12. The molecule has 1 amide bonds. The Kier molecular flexibility index (Phi) is 5.35. The fourth-order valence-electron chi connectivity index (χ4n) is 3.77. The zero-order valence-corrected chi connectivity index (χ0v) is 17.4. The number of rotatable bonds is 5. The van der Waals surface area contributed by atoms with E-state index in [1.54, 1.807) is 6.21 Å². The van der Waals surface area contributed by atoms with Gasteiger partial charge in [0.15, 0.2) is 0 Å². The van der Waals surface area contributed by atoms with Crippen LogP contribution in [0.3, 0.4) is 0 Å². The molecule has 2 aromatic heterocycles. The molecular formula is C26H19N5O2. The maximum atomic E-state index is 13.2. The third-order valence-electron chi connectivity index (χ3n) is 5.31. The average molecular weight is 433 g/mol. The number of hydrogen-bond donors (Lipinski definition) is 3. The largest absolute Gasteiger partial charge is 0.361 e. The van der Waals surface area contributed by atoms with Crippen LogP contribution in [0.5, 0.6) is 0 Å². The number of carbonyl (C=O) groups is 1. The van der Waals surface area contributed by atoms with E-state index in [1.807, 2.05) is 91.1 Å². The van der Waals surface area contributed by atoms with Gasteiger partial charge in [0, 0.05) is 33.8 Å². The lowest BCUT2D eigenvalue weighted by molar-refractivity contribution is 0.0954. The predicted molar refractivity (Wildman–Crippen MR) is 129 cm³/mol. The van der Waals surface area contributed by atoms with Crippen molar-refractivity contribution >= 4 is 23.0 Å². The van der Waals surface area contributed by atoms with Crippen molar-refractivity contribution in [3.8, 4) is 22.4 Å². The van der Waals surface area contributed by atoms with Crippen molar-refractivity contribution in [1.82, 2.24) is 20.6 Å². The molecule has 0 aliphatic carbocycles. The summed E-state index contributed by atoms with van der Waals surface area (Å²) in [6.45, 7) is 0. The van der Waals surface area contributed by atoms with Gasteiger partial charge in [-0.1, -0.05) is 78.9 Å². The van der Waals surface area contributed by atoms with Gasteiger partial charge in [-0.05, 0) is 11.6 Å². The summed E-state index contributed by atoms with van der Waals surface area (Å²) in [5.41, 5.74) is 6.10. The Morgan fingerprint density at radius 3 is 2.30 bits per heavy atom.